The van der Waals surface area contributed by atoms with Crippen molar-refractivity contribution >= 4 is 19.2 Å². The van der Waals surface area contributed by atoms with Gasteiger partial charge in [0.15, 0.2) is 0 Å². The van der Waals surface area contributed by atoms with Gasteiger partial charge in [-0.1, -0.05) is 30.3 Å². The molecule has 1 amide bonds. The van der Waals surface area contributed by atoms with E-state index < -0.39 is 18.1 Å². The van der Waals surface area contributed by atoms with Crippen LogP contribution in [0.4, 0.5) is 4.79 Å². The zero-order valence-corrected chi connectivity index (χ0v) is 19.0. The quantitative estimate of drug-likeness (QED) is 0.524. The van der Waals surface area contributed by atoms with Crippen LogP contribution in [0.25, 0.3) is 0 Å². The first-order valence-electron chi connectivity index (χ1n) is 10.9. The molecule has 3 saturated carbocycles. The summed E-state index contributed by atoms with van der Waals surface area (Å²) in [5.74, 6) is -0.453. The van der Waals surface area contributed by atoms with E-state index in [1.165, 1.54) is 7.11 Å². The SMILES string of the molecule is COC(=O)[C@H](CC12CC(B3OC(C)(C)C(C)(C)O3)(C1)C2)NC(=O)OCc1ccccc1. The van der Waals surface area contributed by atoms with Crippen LogP contribution in [0.5, 0.6) is 0 Å². The Kier molecular flexibility index (Phi) is 5.37. The second-order valence-electron chi connectivity index (χ2n) is 10.5. The standard InChI is InChI=1S/C23H32BNO6/c1-20(2)21(3,4)31-24(30-20)23-13-22(14-23,15-23)11-17(18(26)28-5)25-19(27)29-12-16-9-7-6-8-10-16/h6-10,17H,11-15H2,1-5H3,(H,25,27)/t17-,22?,23?/m0/s1. The van der Waals surface area contributed by atoms with E-state index in [0.717, 1.165) is 24.8 Å². The maximum atomic E-state index is 12.3. The van der Waals surface area contributed by atoms with Gasteiger partial charge in [0.05, 0.1) is 18.3 Å². The molecule has 1 aliphatic heterocycles. The van der Waals surface area contributed by atoms with Crippen molar-refractivity contribution in [1.82, 2.24) is 5.32 Å². The Hall–Kier alpha value is -2.06. The van der Waals surface area contributed by atoms with Gasteiger partial charge in [0.2, 0.25) is 0 Å². The summed E-state index contributed by atoms with van der Waals surface area (Å²) in [5.41, 5.74) is 0.198. The Morgan fingerprint density at radius 2 is 1.65 bits per heavy atom. The van der Waals surface area contributed by atoms with E-state index in [0.29, 0.717) is 6.42 Å². The molecule has 168 valence electrons. The van der Waals surface area contributed by atoms with Crippen molar-refractivity contribution in [3.63, 3.8) is 0 Å². The van der Waals surface area contributed by atoms with Crippen LogP contribution in [-0.4, -0.2) is 43.5 Å². The number of hydrogen-bond acceptors (Lipinski definition) is 6. The lowest BCUT2D eigenvalue weighted by atomic mass is 9.23. The summed E-state index contributed by atoms with van der Waals surface area (Å²) in [6.45, 7) is 8.40. The summed E-state index contributed by atoms with van der Waals surface area (Å²) in [4.78, 5) is 24.6. The highest BCUT2D eigenvalue weighted by atomic mass is 16.7. The number of benzene rings is 1. The van der Waals surface area contributed by atoms with Gasteiger partial charge in [0, 0.05) is 5.31 Å². The second kappa shape index (κ2) is 7.52. The van der Waals surface area contributed by atoms with E-state index in [1.807, 2.05) is 30.3 Å². The van der Waals surface area contributed by atoms with Gasteiger partial charge in [-0.15, -0.1) is 0 Å². The van der Waals surface area contributed by atoms with Crippen molar-refractivity contribution in [3.05, 3.63) is 35.9 Å². The number of carbonyl (C=O) groups excluding carboxylic acids is 2. The maximum absolute atomic E-state index is 12.3. The average Bonchev–Trinajstić information content (AvgIpc) is 2.88. The van der Waals surface area contributed by atoms with E-state index in [1.54, 1.807) is 0 Å². The average molecular weight is 429 g/mol. The fourth-order valence-electron chi connectivity index (χ4n) is 5.32. The molecule has 31 heavy (non-hydrogen) atoms. The molecule has 1 atom stereocenters. The minimum Gasteiger partial charge on any atom is -0.467 e. The fraction of sp³-hybridized carbons (Fsp3) is 0.652. The van der Waals surface area contributed by atoms with Gasteiger partial charge in [-0.05, 0) is 64.4 Å². The van der Waals surface area contributed by atoms with Crippen molar-refractivity contribution in [2.24, 2.45) is 5.41 Å². The Balaban J connectivity index is 1.31. The molecule has 1 saturated heterocycles. The van der Waals surface area contributed by atoms with Crippen LogP contribution < -0.4 is 5.32 Å². The Bertz CT molecular complexity index is 819. The Labute approximate surface area is 184 Å². The summed E-state index contributed by atoms with van der Waals surface area (Å²) < 4.78 is 22.7. The molecule has 1 aromatic rings. The summed E-state index contributed by atoms with van der Waals surface area (Å²) >= 11 is 0. The lowest BCUT2D eigenvalue weighted by Crippen LogP contribution is -2.66. The predicted octanol–water partition coefficient (Wildman–Crippen LogP) is 3.86. The molecule has 8 heteroatoms. The smallest absolute Gasteiger partial charge is 0.464 e. The number of nitrogens with one attached hydrogen (secondary N) is 1. The Morgan fingerprint density at radius 1 is 1.06 bits per heavy atom. The van der Waals surface area contributed by atoms with Gasteiger partial charge in [-0.25, -0.2) is 9.59 Å². The van der Waals surface area contributed by atoms with Crippen LogP contribution in [0, 0.1) is 5.41 Å². The van der Waals surface area contributed by atoms with Gasteiger partial charge in [0.25, 0.3) is 0 Å². The number of amides is 1. The van der Waals surface area contributed by atoms with Gasteiger partial charge in [0.1, 0.15) is 12.6 Å². The third-order valence-electron chi connectivity index (χ3n) is 7.56. The fourth-order valence-corrected chi connectivity index (χ4v) is 5.32. The molecule has 0 radical (unpaired) electrons. The van der Waals surface area contributed by atoms with E-state index in [9.17, 15) is 9.59 Å². The van der Waals surface area contributed by atoms with Gasteiger partial charge < -0.3 is 24.1 Å². The van der Waals surface area contributed by atoms with Crippen molar-refractivity contribution in [2.45, 2.75) is 82.5 Å². The maximum Gasteiger partial charge on any atom is 0.464 e. The van der Waals surface area contributed by atoms with E-state index >= 15 is 0 Å². The molecular weight excluding hydrogens is 397 g/mol. The number of ether oxygens (including phenoxy) is 2. The number of esters is 1. The number of methoxy groups -OCH3 is 1. The van der Waals surface area contributed by atoms with Crippen LogP contribution in [0.15, 0.2) is 30.3 Å². The van der Waals surface area contributed by atoms with Crippen LogP contribution in [-0.2, 0) is 30.2 Å². The Morgan fingerprint density at radius 3 is 2.19 bits per heavy atom. The highest BCUT2D eigenvalue weighted by Gasteiger charge is 2.76. The molecule has 2 bridgehead atoms. The summed E-state index contributed by atoms with van der Waals surface area (Å²) in [5, 5.41) is 2.71. The van der Waals surface area contributed by atoms with Crippen LogP contribution >= 0.6 is 0 Å². The van der Waals surface area contributed by atoms with Gasteiger partial charge in [-0.2, -0.15) is 0 Å². The van der Waals surface area contributed by atoms with E-state index in [-0.39, 0.29) is 35.7 Å². The molecule has 0 aromatic heterocycles. The molecule has 4 aliphatic rings. The predicted molar refractivity (Wildman–Crippen MR) is 115 cm³/mol. The molecule has 7 nitrogen and oxygen atoms in total. The van der Waals surface area contributed by atoms with Gasteiger partial charge in [-0.3, -0.25) is 0 Å². The first-order valence-corrected chi connectivity index (χ1v) is 10.9. The van der Waals surface area contributed by atoms with Crippen molar-refractivity contribution in [1.29, 1.82) is 0 Å². The summed E-state index contributed by atoms with van der Waals surface area (Å²) in [6, 6.07) is 8.69. The first kappa shape index (κ1) is 22.2. The molecule has 0 unspecified atom stereocenters. The normalized spacial score (nSPS) is 30.5. The molecular formula is C23H32BNO6. The zero-order chi connectivity index (χ0) is 22.5. The monoisotopic (exact) mass is 429 g/mol. The van der Waals surface area contributed by atoms with Crippen molar-refractivity contribution in [2.75, 3.05) is 7.11 Å². The highest BCUT2D eigenvalue weighted by Crippen LogP contribution is 2.82. The van der Waals surface area contributed by atoms with Crippen LogP contribution in [0.1, 0.15) is 58.9 Å². The van der Waals surface area contributed by atoms with Crippen molar-refractivity contribution < 1.29 is 28.4 Å². The third-order valence-corrected chi connectivity index (χ3v) is 7.56. The minimum absolute atomic E-state index is 0.00909. The van der Waals surface area contributed by atoms with Crippen LogP contribution in [0.3, 0.4) is 0 Å². The molecule has 1 N–H and O–H groups in total. The first-order chi connectivity index (χ1) is 14.5. The topological polar surface area (TPSA) is 83.1 Å². The zero-order valence-electron chi connectivity index (χ0n) is 19.0. The molecule has 3 aliphatic carbocycles. The number of alkyl carbamates (subject to hydrolysis) is 1. The summed E-state index contributed by atoms with van der Waals surface area (Å²) in [6.07, 6.45) is 2.68. The molecule has 1 heterocycles. The number of hydrogen-bond donors (Lipinski definition) is 1. The molecule has 1 aromatic carbocycles. The number of carbonyl (C=O) groups is 2. The van der Waals surface area contributed by atoms with Crippen LogP contribution in [0.2, 0.25) is 5.31 Å². The lowest BCUT2D eigenvalue weighted by molar-refractivity contribution is -0.152. The molecule has 0 spiro atoms. The summed E-state index contributed by atoms with van der Waals surface area (Å²) in [7, 11) is 1.11. The van der Waals surface area contributed by atoms with Gasteiger partial charge >= 0.3 is 19.2 Å². The van der Waals surface area contributed by atoms with E-state index in [4.69, 9.17) is 18.8 Å². The highest BCUT2D eigenvalue weighted by molar-refractivity contribution is 6.51. The van der Waals surface area contributed by atoms with Crippen molar-refractivity contribution in [3.8, 4) is 0 Å². The largest absolute Gasteiger partial charge is 0.467 e. The lowest BCUT2D eigenvalue weighted by Gasteiger charge is -2.71. The third kappa shape index (κ3) is 3.96. The molecule has 4 fully saturated rings. The molecule has 5 rings (SSSR count). The minimum atomic E-state index is -0.732. The van der Waals surface area contributed by atoms with E-state index in [2.05, 4.69) is 33.0 Å². The number of rotatable bonds is 7. The second-order valence-corrected chi connectivity index (χ2v) is 10.5.